The van der Waals surface area contributed by atoms with Gasteiger partial charge in [-0.25, -0.2) is 13.1 Å². The Morgan fingerprint density at radius 3 is 2.39 bits per heavy atom. The zero-order valence-electron chi connectivity index (χ0n) is 9.89. The fourth-order valence-electron chi connectivity index (χ4n) is 1.87. The predicted molar refractivity (Wildman–Crippen MR) is 72.7 cm³/mol. The fraction of sp³-hybridized carbons (Fsp3) is 0.500. The number of aliphatic hydroxyl groups excluding tert-OH is 1. The first-order valence-electron chi connectivity index (χ1n) is 5.84. The van der Waals surface area contributed by atoms with Crippen LogP contribution in [-0.2, 0) is 10.0 Å². The van der Waals surface area contributed by atoms with Crippen molar-refractivity contribution in [3.63, 3.8) is 0 Å². The third kappa shape index (κ3) is 3.32. The highest BCUT2D eigenvalue weighted by Gasteiger charge is 2.42. The SMILES string of the molecule is O=S(=O)(NCC1(CCO)CC1)c1ccc(Br)cc1. The van der Waals surface area contributed by atoms with Gasteiger partial charge in [-0.2, -0.15) is 0 Å². The number of aliphatic hydroxyl groups is 1. The third-order valence-electron chi connectivity index (χ3n) is 3.36. The van der Waals surface area contributed by atoms with Crippen LogP contribution in [0.25, 0.3) is 0 Å². The fourth-order valence-corrected chi connectivity index (χ4v) is 3.30. The summed E-state index contributed by atoms with van der Waals surface area (Å²) in [5.41, 5.74) is -0.0167. The highest BCUT2D eigenvalue weighted by molar-refractivity contribution is 9.10. The van der Waals surface area contributed by atoms with Crippen LogP contribution in [0.2, 0.25) is 0 Å². The van der Waals surface area contributed by atoms with Gasteiger partial charge in [-0.3, -0.25) is 0 Å². The van der Waals surface area contributed by atoms with E-state index in [2.05, 4.69) is 20.7 Å². The molecule has 0 aromatic heterocycles. The lowest BCUT2D eigenvalue weighted by Crippen LogP contribution is -2.30. The molecule has 1 aliphatic rings. The number of nitrogens with one attached hydrogen (secondary N) is 1. The highest BCUT2D eigenvalue weighted by atomic mass is 79.9. The molecular formula is C12H16BrNO3S. The van der Waals surface area contributed by atoms with E-state index in [9.17, 15) is 8.42 Å². The molecular weight excluding hydrogens is 318 g/mol. The summed E-state index contributed by atoms with van der Waals surface area (Å²) >= 11 is 3.27. The molecule has 0 spiro atoms. The van der Waals surface area contributed by atoms with E-state index in [1.807, 2.05) is 0 Å². The number of sulfonamides is 1. The molecule has 1 aromatic carbocycles. The van der Waals surface area contributed by atoms with E-state index in [0.717, 1.165) is 17.3 Å². The molecule has 0 radical (unpaired) electrons. The van der Waals surface area contributed by atoms with E-state index >= 15 is 0 Å². The molecule has 0 heterocycles. The van der Waals surface area contributed by atoms with Crippen molar-refractivity contribution in [3.05, 3.63) is 28.7 Å². The van der Waals surface area contributed by atoms with Crippen molar-refractivity contribution in [3.8, 4) is 0 Å². The molecule has 2 rings (SSSR count). The molecule has 100 valence electrons. The van der Waals surface area contributed by atoms with E-state index < -0.39 is 10.0 Å². The lowest BCUT2D eigenvalue weighted by molar-refractivity contribution is 0.249. The Morgan fingerprint density at radius 2 is 1.89 bits per heavy atom. The second kappa shape index (κ2) is 5.28. The van der Waals surface area contributed by atoms with Crippen LogP contribution in [0.5, 0.6) is 0 Å². The van der Waals surface area contributed by atoms with Gasteiger partial charge in [0.2, 0.25) is 10.0 Å². The van der Waals surface area contributed by atoms with Crippen LogP contribution in [0.3, 0.4) is 0 Å². The second-order valence-corrected chi connectivity index (χ2v) is 7.43. The summed E-state index contributed by atoms with van der Waals surface area (Å²) in [4.78, 5) is 0.269. The maximum atomic E-state index is 12.0. The van der Waals surface area contributed by atoms with Gasteiger partial charge in [-0.1, -0.05) is 15.9 Å². The van der Waals surface area contributed by atoms with E-state index in [-0.39, 0.29) is 16.9 Å². The minimum atomic E-state index is -3.44. The number of hydrogen-bond donors (Lipinski definition) is 2. The zero-order chi connectivity index (χ0) is 13.2. The molecule has 1 aromatic rings. The van der Waals surface area contributed by atoms with Crippen molar-refractivity contribution in [1.82, 2.24) is 4.72 Å². The molecule has 0 unspecified atom stereocenters. The maximum absolute atomic E-state index is 12.0. The van der Waals surface area contributed by atoms with Gasteiger partial charge in [0.15, 0.2) is 0 Å². The second-order valence-electron chi connectivity index (χ2n) is 4.75. The largest absolute Gasteiger partial charge is 0.396 e. The highest BCUT2D eigenvalue weighted by Crippen LogP contribution is 2.48. The van der Waals surface area contributed by atoms with Crippen molar-refractivity contribution in [1.29, 1.82) is 0 Å². The molecule has 2 N–H and O–H groups in total. The topological polar surface area (TPSA) is 66.4 Å². The van der Waals surface area contributed by atoms with Crippen LogP contribution in [0, 0.1) is 5.41 Å². The predicted octanol–water partition coefficient (Wildman–Crippen LogP) is 1.89. The summed E-state index contributed by atoms with van der Waals surface area (Å²) in [7, 11) is -3.44. The first kappa shape index (κ1) is 14.0. The Bertz CT molecular complexity index is 509. The molecule has 0 aliphatic heterocycles. The van der Waals surface area contributed by atoms with E-state index in [0.29, 0.717) is 13.0 Å². The molecule has 6 heteroatoms. The molecule has 1 aliphatic carbocycles. The summed E-state index contributed by atoms with van der Waals surface area (Å²) in [5, 5.41) is 8.94. The summed E-state index contributed by atoms with van der Waals surface area (Å²) in [6.07, 6.45) is 2.63. The molecule has 1 saturated carbocycles. The molecule has 0 saturated heterocycles. The number of benzene rings is 1. The van der Waals surface area contributed by atoms with Crippen LogP contribution in [0.15, 0.2) is 33.6 Å². The van der Waals surface area contributed by atoms with Gasteiger partial charge < -0.3 is 5.11 Å². The molecule has 18 heavy (non-hydrogen) atoms. The van der Waals surface area contributed by atoms with E-state index in [4.69, 9.17) is 5.11 Å². The molecule has 0 amide bonds. The third-order valence-corrected chi connectivity index (χ3v) is 5.31. The summed E-state index contributed by atoms with van der Waals surface area (Å²) < 4.78 is 27.5. The number of rotatable bonds is 6. The normalized spacial score (nSPS) is 17.7. The Hall–Kier alpha value is -0.430. The Morgan fingerprint density at radius 1 is 1.28 bits per heavy atom. The Kier molecular flexibility index (Phi) is 4.11. The van der Waals surface area contributed by atoms with Gasteiger partial charge in [0.25, 0.3) is 0 Å². The van der Waals surface area contributed by atoms with Crippen LogP contribution in [0.1, 0.15) is 19.3 Å². The number of hydrogen-bond acceptors (Lipinski definition) is 3. The van der Waals surface area contributed by atoms with E-state index in [1.165, 1.54) is 0 Å². The summed E-state index contributed by atoms with van der Waals surface area (Å²) in [6.45, 7) is 0.520. The number of halogens is 1. The standard InChI is InChI=1S/C12H16BrNO3S/c13-10-1-3-11(4-2-10)18(16,17)14-9-12(5-6-12)7-8-15/h1-4,14-15H,5-9H2. The molecule has 1 fully saturated rings. The summed E-state index contributed by atoms with van der Waals surface area (Å²) in [6, 6.07) is 6.54. The van der Waals surface area contributed by atoms with Gasteiger partial charge in [0, 0.05) is 17.6 Å². The minimum Gasteiger partial charge on any atom is -0.396 e. The molecule has 0 atom stereocenters. The van der Waals surface area contributed by atoms with Crippen molar-refractivity contribution >= 4 is 26.0 Å². The monoisotopic (exact) mass is 333 g/mol. The van der Waals surface area contributed by atoms with Gasteiger partial charge in [0.05, 0.1) is 4.90 Å². The first-order chi connectivity index (χ1) is 8.47. The molecule has 4 nitrogen and oxygen atoms in total. The van der Waals surface area contributed by atoms with Crippen LogP contribution in [-0.4, -0.2) is 26.7 Å². The smallest absolute Gasteiger partial charge is 0.240 e. The van der Waals surface area contributed by atoms with Crippen LogP contribution >= 0.6 is 15.9 Å². The molecule has 0 bridgehead atoms. The maximum Gasteiger partial charge on any atom is 0.240 e. The minimum absolute atomic E-state index is 0.0167. The van der Waals surface area contributed by atoms with Gasteiger partial charge in [-0.15, -0.1) is 0 Å². The van der Waals surface area contributed by atoms with Crippen molar-refractivity contribution in [2.24, 2.45) is 5.41 Å². The lowest BCUT2D eigenvalue weighted by atomic mass is 10.0. The van der Waals surface area contributed by atoms with Crippen molar-refractivity contribution in [2.45, 2.75) is 24.2 Å². The summed E-state index contributed by atoms with van der Waals surface area (Å²) in [5.74, 6) is 0. The average molecular weight is 334 g/mol. The first-order valence-corrected chi connectivity index (χ1v) is 8.11. The van der Waals surface area contributed by atoms with Crippen molar-refractivity contribution < 1.29 is 13.5 Å². The average Bonchev–Trinajstić information content (AvgIpc) is 3.08. The van der Waals surface area contributed by atoms with E-state index in [1.54, 1.807) is 24.3 Å². The zero-order valence-corrected chi connectivity index (χ0v) is 12.3. The van der Waals surface area contributed by atoms with Gasteiger partial charge in [-0.05, 0) is 48.9 Å². The van der Waals surface area contributed by atoms with Gasteiger partial charge in [0.1, 0.15) is 0 Å². The Balaban J connectivity index is 2.02. The Labute approximate surface area is 116 Å². The van der Waals surface area contributed by atoms with Gasteiger partial charge >= 0.3 is 0 Å². The quantitative estimate of drug-likeness (QED) is 0.835. The van der Waals surface area contributed by atoms with Crippen LogP contribution in [0.4, 0.5) is 0 Å². The van der Waals surface area contributed by atoms with Crippen molar-refractivity contribution in [2.75, 3.05) is 13.2 Å². The lowest BCUT2D eigenvalue weighted by Gasteiger charge is -2.14. The van der Waals surface area contributed by atoms with Crippen LogP contribution < -0.4 is 4.72 Å².